The lowest BCUT2D eigenvalue weighted by molar-refractivity contribution is 0.342. The largest absolute Gasteiger partial charge is 0.356 e. The standard InChI is InChI=1S/C18H27N5OS/c1-23(18-16-8-9-20-17(16)21-12-22-18)15-6-4-14(5-7-15)11-25(19,24)10-13-2-3-13/h8-9,12-15,19H,2-7,10-11H2,1H3,(H,20,21,22). The smallest absolute Gasteiger partial charge is 0.142 e. The van der Waals surface area contributed by atoms with Crippen molar-refractivity contribution < 1.29 is 4.21 Å². The summed E-state index contributed by atoms with van der Waals surface area (Å²) in [6.07, 6.45) is 10.2. The lowest BCUT2D eigenvalue weighted by atomic mass is 9.86. The van der Waals surface area contributed by atoms with Gasteiger partial charge in [0.15, 0.2) is 0 Å². The van der Waals surface area contributed by atoms with Crippen LogP contribution >= 0.6 is 0 Å². The Labute approximate surface area is 149 Å². The minimum absolute atomic E-state index is 0.450. The molecule has 2 N–H and O–H groups in total. The molecule has 0 radical (unpaired) electrons. The van der Waals surface area contributed by atoms with Gasteiger partial charge in [-0.3, -0.25) is 4.78 Å². The van der Waals surface area contributed by atoms with Crippen molar-refractivity contribution in [1.29, 1.82) is 4.78 Å². The van der Waals surface area contributed by atoms with E-state index in [1.54, 1.807) is 6.33 Å². The van der Waals surface area contributed by atoms with Crippen LogP contribution in [0.2, 0.25) is 0 Å². The molecule has 2 aliphatic carbocycles. The lowest BCUT2D eigenvalue weighted by Crippen LogP contribution is -2.37. The molecule has 0 bridgehead atoms. The number of nitrogens with zero attached hydrogens (tertiary/aromatic N) is 3. The first-order valence-corrected chi connectivity index (χ1v) is 11.2. The van der Waals surface area contributed by atoms with E-state index < -0.39 is 9.73 Å². The summed E-state index contributed by atoms with van der Waals surface area (Å²) >= 11 is 0. The van der Waals surface area contributed by atoms with E-state index in [0.29, 0.717) is 29.4 Å². The highest BCUT2D eigenvalue weighted by Gasteiger charge is 2.30. The van der Waals surface area contributed by atoms with Gasteiger partial charge in [-0.05, 0) is 56.4 Å². The predicted octanol–water partition coefficient (Wildman–Crippen LogP) is 3.41. The van der Waals surface area contributed by atoms with Crippen LogP contribution in [-0.4, -0.2) is 43.8 Å². The molecule has 1 unspecified atom stereocenters. The number of fused-ring (bicyclic) bond motifs is 1. The quantitative estimate of drug-likeness (QED) is 0.825. The van der Waals surface area contributed by atoms with Gasteiger partial charge < -0.3 is 9.88 Å². The monoisotopic (exact) mass is 361 g/mol. The number of hydrogen-bond donors (Lipinski definition) is 2. The van der Waals surface area contributed by atoms with Gasteiger partial charge >= 0.3 is 0 Å². The van der Waals surface area contributed by atoms with Crippen LogP contribution in [0.4, 0.5) is 5.82 Å². The molecule has 0 amide bonds. The van der Waals surface area contributed by atoms with E-state index in [4.69, 9.17) is 4.78 Å². The Balaban J connectivity index is 1.37. The van der Waals surface area contributed by atoms with E-state index >= 15 is 0 Å². The Morgan fingerprint density at radius 2 is 1.80 bits per heavy atom. The van der Waals surface area contributed by atoms with Crippen molar-refractivity contribution >= 4 is 26.6 Å². The molecular weight excluding hydrogens is 334 g/mol. The van der Waals surface area contributed by atoms with E-state index in [2.05, 4.69) is 26.9 Å². The number of aromatic amines is 1. The second-order valence-corrected chi connectivity index (χ2v) is 10.1. The molecule has 2 heterocycles. The molecule has 136 valence electrons. The highest BCUT2D eigenvalue weighted by atomic mass is 32.2. The number of aromatic nitrogens is 3. The van der Waals surface area contributed by atoms with E-state index in [1.807, 2.05) is 12.3 Å². The molecule has 1 atom stereocenters. The highest BCUT2D eigenvalue weighted by Crippen LogP contribution is 2.34. The SMILES string of the molecule is CN(c1ncnc2[nH]ccc12)C1CCC(CS(=N)(=O)CC2CC2)CC1. The summed E-state index contributed by atoms with van der Waals surface area (Å²) < 4.78 is 20.7. The second kappa shape index (κ2) is 6.59. The molecule has 2 fully saturated rings. The van der Waals surface area contributed by atoms with Crippen LogP contribution in [0, 0.1) is 16.6 Å². The highest BCUT2D eigenvalue weighted by molar-refractivity contribution is 7.92. The van der Waals surface area contributed by atoms with Crippen molar-refractivity contribution in [2.24, 2.45) is 11.8 Å². The van der Waals surface area contributed by atoms with Crippen LogP contribution in [0.15, 0.2) is 18.6 Å². The van der Waals surface area contributed by atoms with Crippen LogP contribution in [0.5, 0.6) is 0 Å². The molecule has 0 spiro atoms. The molecular formula is C18H27N5OS. The molecule has 0 aliphatic heterocycles. The lowest BCUT2D eigenvalue weighted by Gasteiger charge is -2.35. The van der Waals surface area contributed by atoms with Gasteiger partial charge in [-0.1, -0.05) is 0 Å². The number of H-pyrrole nitrogens is 1. The maximum Gasteiger partial charge on any atom is 0.142 e. The molecule has 0 saturated heterocycles. The molecule has 2 saturated carbocycles. The van der Waals surface area contributed by atoms with Gasteiger partial charge in [0.1, 0.15) is 17.8 Å². The molecule has 2 aromatic rings. The zero-order valence-corrected chi connectivity index (χ0v) is 15.6. The third-order valence-corrected chi connectivity index (χ3v) is 7.76. The Kier molecular flexibility index (Phi) is 4.43. The molecule has 4 rings (SSSR count). The number of rotatable bonds is 6. The first-order valence-electron chi connectivity index (χ1n) is 9.27. The fourth-order valence-electron chi connectivity index (χ4n) is 4.13. The van der Waals surface area contributed by atoms with Gasteiger partial charge in [-0.15, -0.1) is 0 Å². The van der Waals surface area contributed by atoms with Crippen molar-refractivity contribution in [1.82, 2.24) is 15.0 Å². The molecule has 2 aromatic heterocycles. The molecule has 6 nitrogen and oxygen atoms in total. The first kappa shape index (κ1) is 16.8. The van der Waals surface area contributed by atoms with Gasteiger partial charge in [0.05, 0.1) is 5.39 Å². The Hall–Kier alpha value is -1.63. The zero-order valence-electron chi connectivity index (χ0n) is 14.8. The summed E-state index contributed by atoms with van der Waals surface area (Å²) in [5.41, 5.74) is 0.875. The average Bonchev–Trinajstić information content (AvgIpc) is 3.25. The van der Waals surface area contributed by atoms with Crippen molar-refractivity contribution in [3.8, 4) is 0 Å². The van der Waals surface area contributed by atoms with E-state index in [-0.39, 0.29) is 0 Å². The normalized spacial score (nSPS) is 26.4. The average molecular weight is 362 g/mol. The van der Waals surface area contributed by atoms with Gasteiger partial charge in [0.2, 0.25) is 0 Å². The molecule has 7 heteroatoms. The van der Waals surface area contributed by atoms with Crippen molar-refractivity contribution in [2.75, 3.05) is 23.5 Å². The number of anilines is 1. The first-order chi connectivity index (χ1) is 12.0. The van der Waals surface area contributed by atoms with Gasteiger partial charge in [-0.25, -0.2) is 14.2 Å². The van der Waals surface area contributed by atoms with E-state index in [0.717, 1.165) is 42.5 Å². The van der Waals surface area contributed by atoms with Crippen molar-refractivity contribution in [3.05, 3.63) is 18.6 Å². The predicted molar refractivity (Wildman–Crippen MR) is 101 cm³/mol. The maximum absolute atomic E-state index is 12.5. The minimum Gasteiger partial charge on any atom is -0.356 e. The fourth-order valence-corrected chi connectivity index (χ4v) is 6.45. The number of hydrogen-bond acceptors (Lipinski definition) is 5. The number of nitrogens with one attached hydrogen (secondary N) is 2. The van der Waals surface area contributed by atoms with Gasteiger partial charge in [0.25, 0.3) is 0 Å². The van der Waals surface area contributed by atoms with Gasteiger partial charge in [0, 0.05) is 40.5 Å². The molecule has 0 aromatic carbocycles. The Morgan fingerprint density at radius 3 is 2.44 bits per heavy atom. The summed E-state index contributed by atoms with van der Waals surface area (Å²) in [4.78, 5) is 14.2. The van der Waals surface area contributed by atoms with Crippen LogP contribution in [0.25, 0.3) is 11.0 Å². The van der Waals surface area contributed by atoms with Crippen molar-refractivity contribution in [2.45, 2.75) is 44.6 Å². The van der Waals surface area contributed by atoms with Crippen LogP contribution in [0.3, 0.4) is 0 Å². The minimum atomic E-state index is -2.37. The maximum atomic E-state index is 12.5. The van der Waals surface area contributed by atoms with Crippen molar-refractivity contribution in [3.63, 3.8) is 0 Å². The van der Waals surface area contributed by atoms with E-state index in [9.17, 15) is 4.21 Å². The Bertz CT molecular complexity index is 834. The van der Waals surface area contributed by atoms with Gasteiger partial charge in [-0.2, -0.15) is 0 Å². The zero-order chi connectivity index (χ0) is 17.4. The van der Waals surface area contributed by atoms with Crippen LogP contribution in [-0.2, 0) is 9.73 Å². The topological polar surface area (TPSA) is 85.7 Å². The summed E-state index contributed by atoms with van der Waals surface area (Å²) in [7, 11) is -0.256. The third-order valence-electron chi connectivity index (χ3n) is 5.74. The molecule has 2 aliphatic rings. The van der Waals surface area contributed by atoms with Crippen LogP contribution < -0.4 is 4.90 Å². The fraction of sp³-hybridized carbons (Fsp3) is 0.667. The third kappa shape index (κ3) is 3.81. The summed E-state index contributed by atoms with van der Waals surface area (Å²) in [6.45, 7) is 0. The van der Waals surface area contributed by atoms with Crippen LogP contribution in [0.1, 0.15) is 38.5 Å². The van der Waals surface area contributed by atoms with E-state index in [1.165, 1.54) is 12.8 Å². The Morgan fingerprint density at radius 1 is 1.16 bits per heavy atom. The molecule has 25 heavy (non-hydrogen) atoms. The summed E-state index contributed by atoms with van der Waals surface area (Å²) in [6, 6.07) is 2.48. The second-order valence-electron chi connectivity index (χ2n) is 7.81. The summed E-state index contributed by atoms with van der Waals surface area (Å²) in [5.74, 6) is 3.25. The summed E-state index contributed by atoms with van der Waals surface area (Å²) in [5, 5.41) is 1.06.